The van der Waals surface area contributed by atoms with Crippen LogP contribution in [0.15, 0.2) is 18.5 Å². The smallest absolute Gasteiger partial charge is 0.0580 e. The minimum atomic E-state index is 0.741. The predicted molar refractivity (Wildman–Crippen MR) is 54.4 cm³/mol. The van der Waals surface area contributed by atoms with Gasteiger partial charge in [-0.05, 0) is 25.1 Å². The van der Waals surface area contributed by atoms with Crippen molar-refractivity contribution >= 4 is 0 Å². The molecule has 68 valence electrons. The molecule has 1 heterocycles. The lowest BCUT2D eigenvalue weighted by molar-refractivity contribution is 0.811. The number of aromatic nitrogens is 1. The van der Waals surface area contributed by atoms with Crippen molar-refractivity contribution in [1.82, 2.24) is 10.3 Å². The molecular weight excluding hydrogens is 160 g/mol. The average Bonchev–Trinajstić information content (AvgIpc) is 2.13. The van der Waals surface area contributed by atoms with E-state index < -0.39 is 0 Å². The lowest BCUT2D eigenvalue weighted by Crippen LogP contribution is -2.11. The van der Waals surface area contributed by atoms with Gasteiger partial charge in [-0.25, -0.2) is 0 Å². The SMILES string of the molecule is CCNCC#Cc1cncc(C)c1. The first-order chi connectivity index (χ1) is 6.33. The van der Waals surface area contributed by atoms with Crippen molar-refractivity contribution in [2.75, 3.05) is 13.1 Å². The second kappa shape index (κ2) is 5.34. The van der Waals surface area contributed by atoms with E-state index in [-0.39, 0.29) is 0 Å². The van der Waals surface area contributed by atoms with Gasteiger partial charge in [0.05, 0.1) is 6.54 Å². The molecule has 0 aliphatic heterocycles. The third kappa shape index (κ3) is 3.73. The maximum atomic E-state index is 4.06. The Hall–Kier alpha value is -1.33. The summed E-state index contributed by atoms with van der Waals surface area (Å²) in [6.07, 6.45) is 3.61. The summed E-state index contributed by atoms with van der Waals surface area (Å²) in [6.45, 7) is 5.78. The average molecular weight is 174 g/mol. The van der Waals surface area contributed by atoms with Gasteiger partial charge in [0, 0.05) is 18.0 Å². The van der Waals surface area contributed by atoms with Crippen LogP contribution in [0.3, 0.4) is 0 Å². The zero-order valence-corrected chi connectivity index (χ0v) is 8.09. The number of rotatable bonds is 2. The lowest BCUT2D eigenvalue weighted by Gasteiger charge is -1.92. The van der Waals surface area contributed by atoms with E-state index in [1.165, 1.54) is 0 Å². The third-order valence-corrected chi connectivity index (χ3v) is 1.57. The maximum Gasteiger partial charge on any atom is 0.0580 e. The zero-order chi connectivity index (χ0) is 9.52. The minimum absolute atomic E-state index is 0.741. The monoisotopic (exact) mass is 174 g/mol. The summed E-state index contributed by atoms with van der Waals surface area (Å²) >= 11 is 0. The molecule has 0 aromatic carbocycles. The van der Waals surface area contributed by atoms with Crippen LogP contribution in [0.2, 0.25) is 0 Å². The van der Waals surface area contributed by atoms with Crippen molar-refractivity contribution in [3.8, 4) is 11.8 Å². The summed E-state index contributed by atoms with van der Waals surface area (Å²) in [5, 5.41) is 3.14. The number of hydrogen-bond acceptors (Lipinski definition) is 2. The highest BCUT2D eigenvalue weighted by Crippen LogP contribution is 1.98. The van der Waals surface area contributed by atoms with Crippen LogP contribution in [-0.2, 0) is 0 Å². The van der Waals surface area contributed by atoms with E-state index in [0.29, 0.717) is 0 Å². The van der Waals surface area contributed by atoms with Gasteiger partial charge in [0.2, 0.25) is 0 Å². The molecule has 0 saturated carbocycles. The lowest BCUT2D eigenvalue weighted by atomic mass is 10.2. The van der Waals surface area contributed by atoms with Crippen LogP contribution in [-0.4, -0.2) is 18.1 Å². The molecule has 0 fully saturated rings. The van der Waals surface area contributed by atoms with Crippen molar-refractivity contribution in [1.29, 1.82) is 0 Å². The first-order valence-electron chi connectivity index (χ1n) is 4.44. The van der Waals surface area contributed by atoms with Crippen LogP contribution in [0.25, 0.3) is 0 Å². The molecule has 1 rings (SSSR count). The highest BCUT2D eigenvalue weighted by Gasteiger charge is 1.86. The fraction of sp³-hybridized carbons (Fsp3) is 0.364. The molecule has 1 aromatic rings. The molecule has 1 aromatic heterocycles. The van der Waals surface area contributed by atoms with E-state index in [1.807, 2.05) is 19.2 Å². The Morgan fingerprint density at radius 1 is 1.46 bits per heavy atom. The highest BCUT2D eigenvalue weighted by molar-refractivity contribution is 5.33. The molecule has 0 saturated heterocycles. The second-order valence-corrected chi connectivity index (χ2v) is 2.83. The standard InChI is InChI=1S/C11H14N2/c1-3-12-6-4-5-11-7-10(2)8-13-9-11/h7-9,12H,3,6H2,1-2H3. The minimum Gasteiger partial charge on any atom is -0.306 e. The molecule has 2 heteroatoms. The van der Waals surface area contributed by atoms with Crippen molar-refractivity contribution in [3.05, 3.63) is 29.6 Å². The number of aryl methyl sites for hydroxylation is 1. The fourth-order valence-electron chi connectivity index (χ4n) is 0.957. The van der Waals surface area contributed by atoms with E-state index in [0.717, 1.165) is 24.2 Å². The molecule has 0 atom stereocenters. The molecule has 0 spiro atoms. The van der Waals surface area contributed by atoms with Crippen molar-refractivity contribution in [3.63, 3.8) is 0 Å². The Kier molecular flexibility index (Phi) is 4.01. The highest BCUT2D eigenvalue weighted by atomic mass is 14.8. The Morgan fingerprint density at radius 2 is 2.31 bits per heavy atom. The van der Waals surface area contributed by atoms with Gasteiger partial charge < -0.3 is 5.32 Å². The van der Waals surface area contributed by atoms with Crippen LogP contribution < -0.4 is 5.32 Å². The second-order valence-electron chi connectivity index (χ2n) is 2.83. The number of nitrogens with one attached hydrogen (secondary N) is 1. The van der Waals surface area contributed by atoms with Gasteiger partial charge in [-0.1, -0.05) is 18.8 Å². The molecular formula is C11H14N2. The van der Waals surface area contributed by atoms with E-state index in [1.54, 1.807) is 6.20 Å². The molecule has 13 heavy (non-hydrogen) atoms. The van der Waals surface area contributed by atoms with Gasteiger partial charge >= 0.3 is 0 Å². The molecule has 2 nitrogen and oxygen atoms in total. The van der Waals surface area contributed by atoms with Crippen molar-refractivity contribution < 1.29 is 0 Å². The first kappa shape index (κ1) is 9.76. The Bertz CT molecular complexity index is 320. The van der Waals surface area contributed by atoms with Gasteiger partial charge in [-0.15, -0.1) is 0 Å². The largest absolute Gasteiger partial charge is 0.306 e. The van der Waals surface area contributed by atoms with Crippen LogP contribution in [0.1, 0.15) is 18.1 Å². The predicted octanol–water partition coefficient (Wildman–Crippen LogP) is 1.35. The van der Waals surface area contributed by atoms with Crippen LogP contribution in [0, 0.1) is 18.8 Å². The number of nitrogens with zero attached hydrogens (tertiary/aromatic N) is 1. The van der Waals surface area contributed by atoms with E-state index in [2.05, 4.69) is 29.1 Å². The van der Waals surface area contributed by atoms with Gasteiger partial charge in [-0.3, -0.25) is 4.98 Å². The molecule has 0 bridgehead atoms. The summed E-state index contributed by atoms with van der Waals surface area (Å²) < 4.78 is 0. The summed E-state index contributed by atoms with van der Waals surface area (Å²) in [7, 11) is 0. The molecule has 1 N–H and O–H groups in total. The van der Waals surface area contributed by atoms with Crippen LogP contribution in [0.4, 0.5) is 0 Å². The Labute approximate surface area is 79.4 Å². The summed E-state index contributed by atoms with van der Waals surface area (Å²) in [5.41, 5.74) is 2.13. The van der Waals surface area contributed by atoms with Crippen molar-refractivity contribution in [2.45, 2.75) is 13.8 Å². The summed E-state index contributed by atoms with van der Waals surface area (Å²) in [6, 6.07) is 2.03. The zero-order valence-electron chi connectivity index (χ0n) is 8.09. The van der Waals surface area contributed by atoms with Gasteiger partial charge in [-0.2, -0.15) is 0 Å². The van der Waals surface area contributed by atoms with Crippen molar-refractivity contribution in [2.24, 2.45) is 0 Å². The Morgan fingerprint density at radius 3 is 3.00 bits per heavy atom. The van der Waals surface area contributed by atoms with E-state index in [4.69, 9.17) is 0 Å². The quantitative estimate of drug-likeness (QED) is 0.541. The van der Waals surface area contributed by atoms with E-state index in [9.17, 15) is 0 Å². The summed E-state index contributed by atoms with van der Waals surface area (Å²) in [5.74, 6) is 6.07. The molecule has 0 unspecified atom stereocenters. The maximum absolute atomic E-state index is 4.06. The molecule has 0 radical (unpaired) electrons. The molecule has 0 aliphatic carbocycles. The number of hydrogen-bond donors (Lipinski definition) is 1. The Balaban J connectivity index is 2.56. The van der Waals surface area contributed by atoms with Crippen LogP contribution >= 0.6 is 0 Å². The van der Waals surface area contributed by atoms with Gasteiger partial charge in [0.25, 0.3) is 0 Å². The topological polar surface area (TPSA) is 24.9 Å². The first-order valence-corrected chi connectivity index (χ1v) is 4.44. The normalized spacial score (nSPS) is 9.08. The molecule has 0 amide bonds. The molecule has 0 aliphatic rings. The van der Waals surface area contributed by atoms with Gasteiger partial charge in [0.1, 0.15) is 0 Å². The fourth-order valence-corrected chi connectivity index (χ4v) is 0.957. The number of pyridine rings is 1. The third-order valence-electron chi connectivity index (χ3n) is 1.57. The van der Waals surface area contributed by atoms with Crippen LogP contribution in [0.5, 0.6) is 0 Å². The van der Waals surface area contributed by atoms with Gasteiger partial charge in [0.15, 0.2) is 0 Å². The van der Waals surface area contributed by atoms with E-state index >= 15 is 0 Å². The summed E-state index contributed by atoms with van der Waals surface area (Å²) in [4.78, 5) is 4.06.